The highest BCUT2D eigenvalue weighted by Gasteiger charge is 2.19. The van der Waals surface area contributed by atoms with Crippen molar-refractivity contribution >= 4 is 17.9 Å². The van der Waals surface area contributed by atoms with Crippen LogP contribution in [0.5, 0.6) is 0 Å². The van der Waals surface area contributed by atoms with Crippen LogP contribution in [0.4, 0.5) is 0 Å². The Morgan fingerprint density at radius 3 is 0.910 bits per heavy atom. The van der Waals surface area contributed by atoms with Crippen molar-refractivity contribution in [3.63, 3.8) is 0 Å². The maximum absolute atomic E-state index is 12.7. The molecule has 6 heteroatoms. The Bertz CT molecular complexity index is 1300. The molecule has 0 radical (unpaired) electrons. The molecule has 0 aliphatic carbocycles. The van der Waals surface area contributed by atoms with Gasteiger partial charge in [0.2, 0.25) is 0 Å². The van der Waals surface area contributed by atoms with Crippen LogP contribution < -0.4 is 0 Å². The predicted octanol–water partition coefficient (Wildman–Crippen LogP) is 18.8. The van der Waals surface area contributed by atoms with Gasteiger partial charge in [0.25, 0.3) is 0 Å². The number of rotatable bonds is 50. The number of carbonyl (C=O) groups is 3. The van der Waals surface area contributed by atoms with E-state index in [1.165, 1.54) is 109 Å². The second kappa shape index (κ2) is 55.2. The van der Waals surface area contributed by atoms with Crippen molar-refractivity contribution in [3.05, 3.63) is 85.1 Å². The topological polar surface area (TPSA) is 78.9 Å². The molecule has 0 heterocycles. The van der Waals surface area contributed by atoms with Gasteiger partial charge in [-0.25, -0.2) is 0 Å². The van der Waals surface area contributed by atoms with E-state index in [-0.39, 0.29) is 31.1 Å². The molecule has 1 unspecified atom stereocenters. The number of hydrogen-bond donors (Lipinski definition) is 0. The smallest absolute Gasteiger partial charge is 0.306 e. The molecule has 0 saturated carbocycles. The van der Waals surface area contributed by atoms with Gasteiger partial charge in [-0.05, 0) is 77.0 Å². The van der Waals surface area contributed by atoms with Crippen molar-refractivity contribution in [2.45, 2.75) is 271 Å². The first kappa shape index (κ1) is 63.6. The molecule has 0 rings (SSSR count). The number of carbonyl (C=O) groups excluding carboxylic acids is 3. The molecule has 0 aliphatic rings. The predicted molar refractivity (Wildman–Crippen MR) is 288 cm³/mol. The molecule has 0 saturated heterocycles. The molecule has 0 spiro atoms. The monoisotopic (exact) mass is 933 g/mol. The van der Waals surface area contributed by atoms with E-state index >= 15 is 0 Å². The van der Waals surface area contributed by atoms with Gasteiger partial charge >= 0.3 is 17.9 Å². The standard InChI is InChI=1S/C61H104O6/c1-4-7-10-13-15-17-19-21-22-23-24-25-26-27-28-29-30-31-32-33-34-35-36-37-38-40-41-43-45-48-51-54-60(63)66-57-58(56-65-59(62)53-50-47-12-9-6-3)67-61(64)55-52-49-46-44-42-39-20-18-16-14-11-8-5-2/h7,10,15,17,21-22,24-25,27-28,30-31,33-34,58H,4-6,8-9,11-14,16,18-20,23,26,29,32,35-57H2,1-3H3/b10-7-,17-15-,22-21-,25-24-,28-27-,31-30-,34-33-. The van der Waals surface area contributed by atoms with Crippen molar-refractivity contribution in [2.24, 2.45) is 0 Å². The van der Waals surface area contributed by atoms with Crippen LogP contribution in [0.15, 0.2) is 85.1 Å². The van der Waals surface area contributed by atoms with Crippen molar-refractivity contribution in [1.82, 2.24) is 0 Å². The third kappa shape index (κ3) is 53.4. The average molecular weight is 933 g/mol. The van der Waals surface area contributed by atoms with Gasteiger partial charge in [0.15, 0.2) is 6.10 Å². The highest BCUT2D eigenvalue weighted by molar-refractivity contribution is 5.71. The molecule has 67 heavy (non-hydrogen) atoms. The molecular weight excluding hydrogens is 829 g/mol. The third-order valence-electron chi connectivity index (χ3n) is 11.9. The summed E-state index contributed by atoms with van der Waals surface area (Å²) in [7, 11) is 0. The van der Waals surface area contributed by atoms with Gasteiger partial charge in [0, 0.05) is 19.3 Å². The van der Waals surface area contributed by atoms with Crippen LogP contribution in [0.2, 0.25) is 0 Å². The van der Waals surface area contributed by atoms with Gasteiger partial charge < -0.3 is 14.2 Å². The Labute approximate surface area is 414 Å². The normalized spacial score (nSPS) is 12.7. The van der Waals surface area contributed by atoms with Gasteiger partial charge in [0.05, 0.1) is 0 Å². The minimum Gasteiger partial charge on any atom is -0.462 e. The van der Waals surface area contributed by atoms with E-state index in [0.29, 0.717) is 19.3 Å². The van der Waals surface area contributed by atoms with Crippen molar-refractivity contribution in [3.8, 4) is 0 Å². The van der Waals surface area contributed by atoms with Crippen LogP contribution in [0.25, 0.3) is 0 Å². The maximum atomic E-state index is 12.7. The van der Waals surface area contributed by atoms with E-state index in [1.807, 2.05) is 0 Å². The van der Waals surface area contributed by atoms with Crippen LogP contribution in [0.3, 0.4) is 0 Å². The van der Waals surface area contributed by atoms with Crippen LogP contribution in [0.1, 0.15) is 265 Å². The van der Waals surface area contributed by atoms with E-state index in [2.05, 4.69) is 106 Å². The summed E-state index contributed by atoms with van der Waals surface area (Å²) in [4.78, 5) is 37.7. The summed E-state index contributed by atoms with van der Waals surface area (Å²) in [6.45, 7) is 6.44. The molecule has 0 fully saturated rings. The summed E-state index contributed by atoms with van der Waals surface area (Å²) < 4.78 is 16.7. The minimum atomic E-state index is -0.771. The molecule has 1 atom stereocenters. The Hall–Kier alpha value is -3.41. The summed E-state index contributed by atoms with van der Waals surface area (Å²) in [5, 5.41) is 0. The lowest BCUT2D eigenvalue weighted by Gasteiger charge is -2.18. The average Bonchev–Trinajstić information content (AvgIpc) is 3.33. The van der Waals surface area contributed by atoms with Crippen molar-refractivity contribution < 1.29 is 28.6 Å². The summed E-state index contributed by atoms with van der Waals surface area (Å²) in [5.74, 6) is -0.892. The lowest BCUT2D eigenvalue weighted by molar-refractivity contribution is -0.167. The maximum Gasteiger partial charge on any atom is 0.306 e. The van der Waals surface area contributed by atoms with Gasteiger partial charge in [-0.2, -0.15) is 0 Å². The molecule has 0 aliphatic heterocycles. The molecule has 0 N–H and O–H groups in total. The van der Waals surface area contributed by atoms with E-state index in [4.69, 9.17) is 14.2 Å². The second-order valence-electron chi connectivity index (χ2n) is 18.5. The molecule has 0 aromatic heterocycles. The number of unbranched alkanes of at least 4 members (excludes halogenated alkanes) is 25. The molecule has 384 valence electrons. The van der Waals surface area contributed by atoms with E-state index < -0.39 is 6.10 Å². The molecular formula is C61H104O6. The van der Waals surface area contributed by atoms with Crippen molar-refractivity contribution in [1.29, 1.82) is 0 Å². The molecule has 0 amide bonds. The second-order valence-corrected chi connectivity index (χ2v) is 18.5. The Balaban J connectivity index is 4.04. The van der Waals surface area contributed by atoms with Crippen LogP contribution in [-0.4, -0.2) is 37.2 Å². The molecule has 0 bridgehead atoms. The number of hydrogen-bond acceptors (Lipinski definition) is 6. The van der Waals surface area contributed by atoms with Gasteiger partial charge in [-0.15, -0.1) is 0 Å². The van der Waals surface area contributed by atoms with Crippen LogP contribution in [-0.2, 0) is 28.6 Å². The lowest BCUT2D eigenvalue weighted by atomic mass is 10.0. The highest BCUT2D eigenvalue weighted by atomic mass is 16.6. The zero-order valence-corrected chi connectivity index (χ0v) is 43.9. The Morgan fingerprint density at radius 1 is 0.313 bits per heavy atom. The third-order valence-corrected chi connectivity index (χ3v) is 11.9. The summed E-state index contributed by atoms with van der Waals surface area (Å²) in [6.07, 6.45) is 71.9. The van der Waals surface area contributed by atoms with Gasteiger partial charge in [0.1, 0.15) is 13.2 Å². The lowest BCUT2D eigenvalue weighted by Crippen LogP contribution is -2.30. The van der Waals surface area contributed by atoms with Gasteiger partial charge in [-0.3, -0.25) is 14.4 Å². The first-order chi connectivity index (χ1) is 33.0. The summed E-state index contributed by atoms with van der Waals surface area (Å²) >= 11 is 0. The first-order valence-corrected chi connectivity index (χ1v) is 28.1. The van der Waals surface area contributed by atoms with E-state index in [1.54, 1.807) is 0 Å². The van der Waals surface area contributed by atoms with Crippen LogP contribution >= 0.6 is 0 Å². The van der Waals surface area contributed by atoms with Crippen molar-refractivity contribution in [2.75, 3.05) is 13.2 Å². The molecule has 6 nitrogen and oxygen atoms in total. The van der Waals surface area contributed by atoms with Crippen LogP contribution in [0, 0.1) is 0 Å². The van der Waals surface area contributed by atoms with Gasteiger partial charge in [-0.1, -0.05) is 254 Å². The summed E-state index contributed by atoms with van der Waals surface area (Å²) in [5.41, 5.74) is 0. The fraction of sp³-hybridized carbons (Fsp3) is 0.721. The quantitative estimate of drug-likeness (QED) is 0.0262. The van der Waals surface area contributed by atoms with E-state index in [0.717, 1.165) is 116 Å². The zero-order valence-electron chi connectivity index (χ0n) is 43.9. The Morgan fingerprint density at radius 2 is 0.582 bits per heavy atom. The molecule has 0 aromatic carbocycles. The molecule has 0 aromatic rings. The first-order valence-electron chi connectivity index (χ1n) is 28.1. The van der Waals surface area contributed by atoms with E-state index in [9.17, 15) is 14.4 Å². The fourth-order valence-electron chi connectivity index (χ4n) is 7.72. The Kier molecular flexibility index (Phi) is 52.4. The SMILES string of the molecule is CC/C=C\C/C=C\C/C=C\C/C=C\C/C=C\C/C=C\C/C=C\CCCCCCCCCCCC(=O)OCC(COC(=O)CCCCCCC)OC(=O)CCCCCCCCCCCCCCC. The minimum absolute atomic E-state index is 0.0762. The number of ether oxygens (including phenoxy) is 3. The zero-order chi connectivity index (χ0) is 48.6. The highest BCUT2D eigenvalue weighted by Crippen LogP contribution is 2.15. The largest absolute Gasteiger partial charge is 0.462 e. The number of esters is 3. The number of allylic oxidation sites excluding steroid dienone is 14. The summed E-state index contributed by atoms with van der Waals surface area (Å²) in [6, 6.07) is 0. The fourth-order valence-corrected chi connectivity index (χ4v) is 7.72.